The van der Waals surface area contributed by atoms with Gasteiger partial charge in [0, 0.05) is 32.2 Å². The molecule has 0 spiro atoms. The standard InChI is InChI=1S/C17H26N2O2/c1-14-12-16(8-9-18-14)17(20)19(10-11-21-2)13-15-6-4-3-5-7-15/h3-7,14,16,18H,8-13H2,1-2H3. The lowest BCUT2D eigenvalue weighted by Gasteiger charge is -2.32. The molecule has 0 aromatic heterocycles. The summed E-state index contributed by atoms with van der Waals surface area (Å²) in [4.78, 5) is 14.7. The molecule has 4 nitrogen and oxygen atoms in total. The zero-order valence-corrected chi connectivity index (χ0v) is 13.0. The summed E-state index contributed by atoms with van der Waals surface area (Å²) >= 11 is 0. The highest BCUT2D eigenvalue weighted by Gasteiger charge is 2.28. The molecule has 1 aromatic carbocycles. The Balaban J connectivity index is 2.02. The third kappa shape index (κ3) is 4.83. The minimum absolute atomic E-state index is 0.141. The third-order valence-corrected chi connectivity index (χ3v) is 4.07. The molecule has 1 amide bonds. The number of nitrogens with zero attached hydrogens (tertiary/aromatic N) is 1. The van der Waals surface area contributed by atoms with Crippen LogP contribution in [0.25, 0.3) is 0 Å². The first kappa shape index (κ1) is 16.0. The Labute approximate surface area is 127 Å². The van der Waals surface area contributed by atoms with E-state index in [2.05, 4.69) is 24.4 Å². The number of benzene rings is 1. The maximum absolute atomic E-state index is 12.8. The van der Waals surface area contributed by atoms with E-state index in [4.69, 9.17) is 4.74 Å². The molecule has 1 heterocycles. The Morgan fingerprint density at radius 3 is 2.81 bits per heavy atom. The zero-order valence-electron chi connectivity index (χ0n) is 13.0. The number of rotatable bonds is 6. The number of hydrogen-bond acceptors (Lipinski definition) is 3. The van der Waals surface area contributed by atoms with Crippen LogP contribution in [-0.2, 0) is 16.1 Å². The predicted octanol–water partition coefficient (Wildman–Crippen LogP) is 2.05. The first-order chi connectivity index (χ1) is 10.2. The molecule has 1 aromatic rings. The van der Waals surface area contributed by atoms with Crippen molar-refractivity contribution < 1.29 is 9.53 Å². The van der Waals surface area contributed by atoms with E-state index in [1.54, 1.807) is 7.11 Å². The number of methoxy groups -OCH3 is 1. The fourth-order valence-corrected chi connectivity index (χ4v) is 2.89. The first-order valence-corrected chi connectivity index (χ1v) is 7.75. The van der Waals surface area contributed by atoms with Crippen LogP contribution in [0.3, 0.4) is 0 Å². The SMILES string of the molecule is COCCN(Cc1ccccc1)C(=O)C1CCNC(C)C1. The van der Waals surface area contributed by atoms with Crippen LogP contribution in [0.1, 0.15) is 25.3 Å². The highest BCUT2D eigenvalue weighted by Crippen LogP contribution is 2.20. The molecule has 1 saturated heterocycles. The summed E-state index contributed by atoms with van der Waals surface area (Å²) in [6.07, 6.45) is 1.86. The number of piperidine rings is 1. The van der Waals surface area contributed by atoms with E-state index >= 15 is 0 Å². The topological polar surface area (TPSA) is 41.6 Å². The van der Waals surface area contributed by atoms with Gasteiger partial charge in [0.1, 0.15) is 0 Å². The van der Waals surface area contributed by atoms with Gasteiger partial charge in [-0.2, -0.15) is 0 Å². The number of hydrogen-bond donors (Lipinski definition) is 1. The summed E-state index contributed by atoms with van der Waals surface area (Å²) < 4.78 is 5.16. The van der Waals surface area contributed by atoms with Gasteiger partial charge in [-0.3, -0.25) is 4.79 Å². The van der Waals surface area contributed by atoms with Crippen LogP contribution in [0.5, 0.6) is 0 Å². The Bertz CT molecular complexity index is 436. The molecule has 0 bridgehead atoms. The lowest BCUT2D eigenvalue weighted by atomic mass is 9.92. The molecule has 0 aliphatic carbocycles. The van der Waals surface area contributed by atoms with Crippen LogP contribution in [0.2, 0.25) is 0 Å². The van der Waals surface area contributed by atoms with E-state index < -0.39 is 0 Å². The fourth-order valence-electron chi connectivity index (χ4n) is 2.89. The number of carbonyl (C=O) groups is 1. The van der Waals surface area contributed by atoms with Crippen LogP contribution in [0.4, 0.5) is 0 Å². The second-order valence-corrected chi connectivity index (χ2v) is 5.81. The van der Waals surface area contributed by atoms with E-state index in [-0.39, 0.29) is 11.8 Å². The molecule has 0 saturated carbocycles. The normalized spacial score (nSPS) is 22.0. The van der Waals surface area contributed by atoms with Gasteiger partial charge in [0.25, 0.3) is 0 Å². The molecular weight excluding hydrogens is 264 g/mol. The second-order valence-electron chi connectivity index (χ2n) is 5.81. The predicted molar refractivity (Wildman–Crippen MR) is 83.9 cm³/mol. The van der Waals surface area contributed by atoms with Crippen molar-refractivity contribution in [3.05, 3.63) is 35.9 Å². The van der Waals surface area contributed by atoms with Crippen molar-refractivity contribution in [1.29, 1.82) is 0 Å². The quantitative estimate of drug-likeness (QED) is 0.872. The summed E-state index contributed by atoms with van der Waals surface area (Å²) in [7, 11) is 1.68. The summed E-state index contributed by atoms with van der Waals surface area (Å²) in [5.41, 5.74) is 1.17. The van der Waals surface area contributed by atoms with Crippen LogP contribution < -0.4 is 5.32 Å². The smallest absolute Gasteiger partial charge is 0.226 e. The van der Waals surface area contributed by atoms with Gasteiger partial charge in [-0.05, 0) is 31.9 Å². The Morgan fingerprint density at radius 1 is 1.38 bits per heavy atom. The number of amides is 1. The van der Waals surface area contributed by atoms with E-state index in [0.717, 1.165) is 19.4 Å². The number of nitrogens with one attached hydrogen (secondary N) is 1. The zero-order chi connectivity index (χ0) is 15.1. The molecule has 1 N–H and O–H groups in total. The number of ether oxygens (including phenoxy) is 1. The maximum Gasteiger partial charge on any atom is 0.226 e. The van der Waals surface area contributed by atoms with Gasteiger partial charge in [-0.25, -0.2) is 0 Å². The lowest BCUT2D eigenvalue weighted by Crippen LogP contribution is -2.44. The van der Waals surface area contributed by atoms with Crippen molar-refractivity contribution >= 4 is 5.91 Å². The number of carbonyl (C=O) groups excluding carboxylic acids is 1. The molecule has 2 atom stereocenters. The van der Waals surface area contributed by atoms with Gasteiger partial charge < -0.3 is 15.0 Å². The Hall–Kier alpha value is -1.39. The molecule has 4 heteroatoms. The van der Waals surface area contributed by atoms with E-state index in [1.807, 2.05) is 23.1 Å². The largest absolute Gasteiger partial charge is 0.383 e. The minimum Gasteiger partial charge on any atom is -0.383 e. The van der Waals surface area contributed by atoms with Crippen molar-refractivity contribution in [2.24, 2.45) is 5.92 Å². The average molecular weight is 290 g/mol. The van der Waals surface area contributed by atoms with Gasteiger partial charge in [0.2, 0.25) is 5.91 Å². The molecule has 0 radical (unpaired) electrons. The highest BCUT2D eigenvalue weighted by molar-refractivity contribution is 5.79. The van der Waals surface area contributed by atoms with Crippen molar-refractivity contribution in [3.63, 3.8) is 0 Å². The van der Waals surface area contributed by atoms with Gasteiger partial charge in [-0.1, -0.05) is 30.3 Å². The first-order valence-electron chi connectivity index (χ1n) is 7.75. The third-order valence-electron chi connectivity index (χ3n) is 4.07. The monoisotopic (exact) mass is 290 g/mol. The van der Waals surface area contributed by atoms with E-state index in [1.165, 1.54) is 5.56 Å². The van der Waals surface area contributed by atoms with Gasteiger partial charge in [0.05, 0.1) is 6.61 Å². The molecule has 116 valence electrons. The van der Waals surface area contributed by atoms with Crippen LogP contribution in [-0.4, -0.2) is 43.7 Å². The van der Waals surface area contributed by atoms with Gasteiger partial charge >= 0.3 is 0 Å². The lowest BCUT2D eigenvalue weighted by molar-refractivity contribution is -0.138. The molecule has 1 aliphatic rings. The van der Waals surface area contributed by atoms with Crippen LogP contribution >= 0.6 is 0 Å². The molecule has 1 fully saturated rings. The molecule has 2 rings (SSSR count). The van der Waals surface area contributed by atoms with E-state index in [9.17, 15) is 4.79 Å². The van der Waals surface area contributed by atoms with Gasteiger partial charge in [0.15, 0.2) is 0 Å². The van der Waals surface area contributed by atoms with Crippen LogP contribution in [0, 0.1) is 5.92 Å². The van der Waals surface area contributed by atoms with Crippen molar-refractivity contribution in [2.75, 3.05) is 26.8 Å². The summed E-state index contributed by atoms with van der Waals surface area (Å²) in [6, 6.07) is 10.6. The van der Waals surface area contributed by atoms with Crippen molar-refractivity contribution in [2.45, 2.75) is 32.4 Å². The fraction of sp³-hybridized carbons (Fsp3) is 0.588. The maximum atomic E-state index is 12.8. The summed E-state index contributed by atoms with van der Waals surface area (Å²) in [5, 5.41) is 3.40. The molecule has 1 aliphatic heterocycles. The molecule has 21 heavy (non-hydrogen) atoms. The van der Waals surface area contributed by atoms with Crippen molar-refractivity contribution in [3.8, 4) is 0 Å². The minimum atomic E-state index is 0.141. The highest BCUT2D eigenvalue weighted by atomic mass is 16.5. The van der Waals surface area contributed by atoms with Crippen molar-refractivity contribution in [1.82, 2.24) is 10.2 Å². The van der Waals surface area contributed by atoms with Gasteiger partial charge in [-0.15, -0.1) is 0 Å². The molecule has 2 unspecified atom stereocenters. The Morgan fingerprint density at radius 2 is 2.14 bits per heavy atom. The summed E-state index contributed by atoms with van der Waals surface area (Å²) in [6.45, 7) is 4.99. The van der Waals surface area contributed by atoms with Crippen LogP contribution in [0.15, 0.2) is 30.3 Å². The average Bonchev–Trinajstić information content (AvgIpc) is 2.51. The molecular formula is C17H26N2O2. The van der Waals surface area contributed by atoms with E-state index in [0.29, 0.717) is 25.7 Å². The summed E-state index contributed by atoms with van der Waals surface area (Å²) in [5.74, 6) is 0.408. The Kier molecular flexibility index (Phi) is 6.21. The second kappa shape index (κ2) is 8.15.